The molecule has 26 heavy (non-hydrogen) atoms. The van der Waals surface area contributed by atoms with Crippen molar-refractivity contribution in [2.75, 3.05) is 33.4 Å². The molecule has 1 amide bonds. The molecule has 0 saturated carbocycles. The van der Waals surface area contributed by atoms with Crippen LogP contribution in [0.2, 0.25) is 0 Å². The van der Waals surface area contributed by atoms with Crippen LogP contribution in [-0.2, 0) is 11.3 Å². The molecule has 3 rings (SSSR count). The molecule has 1 saturated heterocycles. The third kappa shape index (κ3) is 4.84. The normalized spacial score (nSPS) is 16.1. The van der Waals surface area contributed by atoms with Crippen LogP contribution in [0.25, 0.3) is 0 Å². The number of ether oxygens (including phenoxy) is 2. The van der Waals surface area contributed by atoms with Crippen LogP contribution in [0.15, 0.2) is 48.5 Å². The number of rotatable bonds is 6. The lowest BCUT2D eigenvalue weighted by atomic mass is 10.1. The molecular weight excluding hydrogens is 328 g/mol. The van der Waals surface area contributed by atoms with Crippen molar-refractivity contribution in [1.82, 2.24) is 10.2 Å². The van der Waals surface area contributed by atoms with Gasteiger partial charge in [0.1, 0.15) is 5.75 Å². The van der Waals surface area contributed by atoms with Gasteiger partial charge in [0.25, 0.3) is 5.91 Å². The lowest BCUT2D eigenvalue weighted by molar-refractivity contribution is 0.0342. The van der Waals surface area contributed by atoms with Crippen molar-refractivity contribution in [3.05, 3.63) is 65.2 Å². The van der Waals surface area contributed by atoms with Gasteiger partial charge in [0.15, 0.2) is 0 Å². The number of benzene rings is 2. The average molecular weight is 354 g/mol. The van der Waals surface area contributed by atoms with Gasteiger partial charge in [-0.2, -0.15) is 0 Å². The first-order valence-corrected chi connectivity index (χ1v) is 8.99. The number of nitrogens with zero attached hydrogens (tertiary/aromatic N) is 1. The Labute approximate surface area is 154 Å². The van der Waals surface area contributed by atoms with Crippen molar-refractivity contribution in [1.29, 1.82) is 0 Å². The number of morpholine rings is 1. The summed E-state index contributed by atoms with van der Waals surface area (Å²) in [7, 11) is 1.64. The van der Waals surface area contributed by atoms with E-state index in [4.69, 9.17) is 9.47 Å². The van der Waals surface area contributed by atoms with E-state index >= 15 is 0 Å². The second-order valence-electron chi connectivity index (χ2n) is 6.55. The Morgan fingerprint density at radius 3 is 2.38 bits per heavy atom. The van der Waals surface area contributed by atoms with E-state index in [9.17, 15) is 4.79 Å². The van der Waals surface area contributed by atoms with Crippen molar-refractivity contribution < 1.29 is 14.3 Å². The zero-order valence-corrected chi connectivity index (χ0v) is 15.4. The maximum absolute atomic E-state index is 12.5. The minimum atomic E-state index is -0.0681. The van der Waals surface area contributed by atoms with E-state index in [-0.39, 0.29) is 11.9 Å². The van der Waals surface area contributed by atoms with Crippen LogP contribution < -0.4 is 10.1 Å². The molecule has 5 nitrogen and oxygen atoms in total. The van der Waals surface area contributed by atoms with Crippen LogP contribution in [-0.4, -0.2) is 44.2 Å². The van der Waals surface area contributed by atoms with E-state index in [0.29, 0.717) is 5.56 Å². The van der Waals surface area contributed by atoms with Gasteiger partial charge in [-0.15, -0.1) is 0 Å². The number of methoxy groups -OCH3 is 1. The fourth-order valence-corrected chi connectivity index (χ4v) is 3.03. The van der Waals surface area contributed by atoms with E-state index in [1.165, 1.54) is 5.56 Å². The first-order chi connectivity index (χ1) is 12.7. The highest BCUT2D eigenvalue weighted by molar-refractivity contribution is 5.94. The lowest BCUT2D eigenvalue weighted by Gasteiger charge is -2.26. The number of amides is 1. The molecule has 0 bridgehead atoms. The Kier molecular flexibility index (Phi) is 6.26. The summed E-state index contributed by atoms with van der Waals surface area (Å²) < 4.78 is 10.5. The fraction of sp³-hybridized carbons (Fsp3) is 0.381. The van der Waals surface area contributed by atoms with Crippen molar-refractivity contribution in [2.24, 2.45) is 0 Å². The van der Waals surface area contributed by atoms with Gasteiger partial charge in [0, 0.05) is 25.2 Å². The minimum Gasteiger partial charge on any atom is -0.497 e. The molecule has 1 heterocycles. The molecule has 1 fully saturated rings. The van der Waals surface area contributed by atoms with Gasteiger partial charge in [0.2, 0.25) is 0 Å². The first-order valence-electron chi connectivity index (χ1n) is 8.99. The van der Waals surface area contributed by atoms with Crippen molar-refractivity contribution in [3.63, 3.8) is 0 Å². The summed E-state index contributed by atoms with van der Waals surface area (Å²) in [5.41, 5.74) is 2.94. The second-order valence-corrected chi connectivity index (χ2v) is 6.55. The van der Waals surface area contributed by atoms with E-state index in [1.807, 2.05) is 55.5 Å². The van der Waals surface area contributed by atoms with E-state index in [0.717, 1.165) is 44.2 Å². The van der Waals surface area contributed by atoms with Gasteiger partial charge in [-0.25, -0.2) is 0 Å². The molecule has 1 atom stereocenters. The Hall–Kier alpha value is -2.37. The second kappa shape index (κ2) is 8.83. The van der Waals surface area contributed by atoms with E-state index in [1.54, 1.807) is 7.11 Å². The molecule has 5 heteroatoms. The summed E-state index contributed by atoms with van der Waals surface area (Å²) in [6, 6.07) is 15.5. The van der Waals surface area contributed by atoms with Crippen LogP contribution in [0.1, 0.15) is 34.5 Å². The molecule has 0 aliphatic carbocycles. The van der Waals surface area contributed by atoms with Crippen molar-refractivity contribution in [2.45, 2.75) is 19.5 Å². The predicted molar refractivity (Wildman–Crippen MR) is 101 cm³/mol. The molecule has 2 aromatic carbocycles. The van der Waals surface area contributed by atoms with Crippen molar-refractivity contribution >= 4 is 5.91 Å². The summed E-state index contributed by atoms with van der Waals surface area (Å²) in [4.78, 5) is 14.9. The van der Waals surface area contributed by atoms with Gasteiger partial charge in [0.05, 0.1) is 26.4 Å². The van der Waals surface area contributed by atoms with Crippen LogP contribution in [0, 0.1) is 0 Å². The summed E-state index contributed by atoms with van der Waals surface area (Å²) in [6.07, 6.45) is 0. The van der Waals surface area contributed by atoms with Crippen LogP contribution in [0.4, 0.5) is 0 Å². The molecule has 0 radical (unpaired) electrons. The maximum atomic E-state index is 12.5. The quantitative estimate of drug-likeness (QED) is 0.866. The van der Waals surface area contributed by atoms with Gasteiger partial charge in [-0.1, -0.05) is 24.3 Å². The Morgan fingerprint density at radius 1 is 1.12 bits per heavy atom. The molecule has 1 aliphatic rings. The van der Waals surface area contributed by atoms with E-state index in [2.05, 4.69) is 10.2 Å². The maximum Gasteiger partial charge on any atom is 0.251 e. The molecule has 2 aromatic rings. The van der Waals surface area contributed by atoms with Gasteiger partial charge < -0.3 is 14.8 Å². The van der Waals surface area contributed by atoms with Crippen LogP contribution in [0.5, 0.6) is 5.75 Å². The highest BCUT2D eigenvalue weighted by Gasteiger charge is 2.13. The van der Waals surface area contributed by atoms with E-state index < -0.39 is 0 Å². The zero-order chi connectivity index (χ0) is 18.4. The smallest absolute Gasteiger partial charge is 0.251 e. The summed E-state index contributed by atoms with van der Waals surface area (Å²) in [5, 5.41) is 3.04. The summed E-state index contributed by atoms with van der Waals surface area (Å²) in [5.74, 6) is 0.745. The summed E-state index contributed by atoms with van der Waals surface area (Å²) in [6.45, 7) is 6.39. The third-order valence-electron chi connectivity index (χ3n) is 4.69. The SMILES string of the molecule is COc1ccc([C@H](C)NC(=O)c2ccc(CN3CCOCC3)cc2)cc1. The Bertz CT molecular complexity index is 707. The first kappa shape index (κ1) is 18.4. The molecule has 0 unspecified atom stereocenters. The molecule has 1 aliphatic heterocycles. The number of hydrogen-bond donors (Lipinski definition) is 1. The highest BCUT2D eigenvalue weighted by atomic mass is 16.5. The lowest BCUT2D eigenvalue weighted by Crippen LogP contribution is -2.35. The zero-order valence-electron chi connectivity index (χ0n) is 15.4. The Balaban J connectivity index is 1.56. The number of hydrogen-bond acceptors (Lipinski definition) is 4. The van der Waals surface area contributed by atoms with Crippen molar-refractivity contribution in [3.8, 4) is 5.75 Å². The third-order valence-corrected chi connectivity index (χ3v) is 4.69. The largest absolute Gasteiger partial charge is 0.497 e. The molecular formula is C21H26N2O3. The monoisotopic (exact) mass is 354 g/mol. The number of carbonyl (C=O) groups excluding carboxylic acids is 1. The number of nitrogens with one attached hydrogen (secondary N) is 1. The highest BCUT2D eigenvalue weighted by Crippen LogP contribution is 2.18. The molecule has 1 N–H and O–H groups in total. The minimum absolute atomic E-state index is 0.0637. The van der Waals surface area contributed by atoms with Gasteiger partial charge in [-0.3, -0.25) is 9.69 Å². The topological polar surface area (TPSA) is 50.8 Å². The van der Waals surface area contributed by atoms with Gasteiger partial charge in [-0.05, 0) is 42.3 Å². The molecule has 0 spiro atoms. The fourth-order valence-electron chi connectivity index (χ4n) is 3.03. The molecule has 138 valence electrons. The average Bonchev–Trinajstić information content (AvgIpc) is 2.69. The molecule has 0 aromatic heterocycles. The van der Waals surface area contributed by atoms with Crippen LogP contribution in [0.3, 0.4) is 0 Å². The predicted octanol–water partition coefficient (Wildman–Crippen LogP) is 3.02. The number of carbonyl (C=O) groups is 1. The van der Waals surface area contributed by atoms with Crippen LogP contribution >= 0.6 is 0 Å². The standard InChI is InChI=1S/C21H26N2O3/c1-16(18-7-9-20(25-2)10-8-18)22-21(24)19-5-3-17(4-6-19)15-23-11-13-26-14-12-23/h3-10,16H,11-15H2,1-2H3,(H,22,24)/t16-/m0/s1. The summed E-state index contributed by atoms with van der Waals surface area (Å²) >= 11 is 0. The van der Waals surface area contributed by atoms with Gasteiger partial charge >= 0.3 is 0 Å². The Morgan fingerprint density at radius 2 is 1.77 bits per heavy atom.